The molecule has 0 saturated heterocycles. The van der Waals surface area contributed by atoms with Crippen LogP contribution in [0, 0.1) is 10.1 Å². The maximum Gasteiger partial charge on any atom is 0.433 e. The summed E-state index contributed by atoms with van der Waals surface area (Å²) in [6.07, 6.45) is 1.26. The molecule has 0 saturated carbocycles. The van der Waals surface area contributed by atoms with Gasteiger partial charge in [-0.3, -0.25) is 10.1 Å². The van der Waals surface area contributed by atoms with E-state index in [1.807, 2.05) is 0 Å². The molecule has 1 aliphatic rings. The SMILES string of the molecule is COc1cc(OC)cc(C2=N/C(=C\c3ccc([N+](=O)[O-])o3)C(=O)O2)c1. The molecule has 0 atom stereocenters. The van der Waals surface area contributed by atoms with Crippen LogP contribution in [0.4, 0.5) is 5.88 Å². The third-order valence-electron chi connectivity index (χ3n) is 3.29. The summed E-state index contributed by atoms with van der Waals surface area (Å²) in [5.41, 5.74) is 0.444. The first-order valence-corrected chi connectivity index (χ1v) is 7.00. The minimum atomic E-state index is -0.698. The molecule has 0 radical (unpaired) electrons. The lowest BCUT2D eigenvalue weighted by Crippen LogP contribution is -2.06. The van der Waals surface area contributed by atoms with E-state index in [0.717, 1.165) is 0 Å². The summed E-state index contributed by atoms with van der Waals surface area (Å²) in [7, 11) is 2.99. The summed E-state index contributed by atoms with van der Waals surface area (Å²) in [4.78, 5) is 26.0. The van der Waals surface area contributed by atoms with E-state index in [2.05, 4.69) is 4.99 Å². The fraction of sp³-hybridized carbons (Fsp3) is 0.125. The number of ether oxygens (including phenoxy) is 3. The van der Waals surface area contributed by atoms with Crippen molar-refractivity contribution in [3.8, 4) is 11.5 Å². The first kappa shape index (κ1) is 16.2. The van der Waals surface area contributed by atoms with Crippen LogP contribution in [0.3, 0.4) is 0 Å². The predicted molar refractivity (Wildman–Crippen MR) is 85.5 cm³/mol. The molecule has 0 fully saturated rings. The van der Waals surface area contributed by atoms with Gasteiger partial charge >= 0.3 is 11.9 Å². The van der Waals surface area contributed by atoms with Gasteiger partial charge in [0, 0.05) is 17.7 Å². The quantitative estimate of drug-likeness (QED) is 0.354. The molecule has 0 unspecified atom stereocenters. The summed E-state index contributed by atoms with van der Waals surface area (Å²) in [5.74, 6) is 0.0662. The highest BCUT2D eigenvalue weighted by molar-refractivity contribution is 6.13. The first-order chi connectivity index (χ1) is 12.0. The number of furan rings is 1. The molecule has 0 amide bonds. The van der Waals surface area contributed by atoms with Crippen molar-refractivity contribution in [3.05, 3.63) is 57.5 Å². The van der Waals surface area contributed by atoms with E-state index < -0.39 is 16.8 Å². The topological polar surface area (TPSA) is 113 Å². The van der Waals surface area contributed by atoms with Crippen LogP contribution < -0.4 is 9.47 Å². The zero-order chi connectivity index (χ0) is 18.0. The van der Waals surface area contributed by atoms with Crippen molar-refractivity contribution < 1.29 is 28.3 Å². The molecule has 128 valence electrons. The van der Waals surface area contributed by atoms with Crippen LogP contribution >= 0.6 is 0 Å². The number of aliphatic imine (C=N–C) groups is 1. The van der Waals surface area contributed by atoms with Gasteiger partial charge in [0.25, 0.3) is 0 Å². The second-order valence-electron chi connectivity index (χ2n) is 4.87. The Balaban J connectivity index is 1.94. The summed E-state index contributed by atoms with van der Waals surface area (Å²) in [6, 6.07) is 7.48. The number of rotatable bonds is 5. The maximum atomic E-state index is 12.0. The molecule has 25 heavy (non-hydrogen) atoms. The molecule has 9 nitrogen and oxygen atoms in total. The lowest BCUT2D eigenvalue weighted by atomic mass is 10.2. The van der Waals surface area contributed by atoms with Gasteiger partial charge in [0.15, 0.2) is 5.70 Å². The van der Waals surface area contributed by atoms with Crippen LogP contribution in [-0.4, -0.2) is 31.0 Å². The third-order valence-corrected chi connectivity index (χ3v) is 3.29. The number of benzene rings is 1. The first-order valence-electron chi connectivity index (χ1n) is 7.00. The number of methoxy groups -OCH3 is 2. The minimum absolute atomic E-state index is 0.0407. The zero-order valence-corrected chi connectivity index (χ0v) is 13.2. The average molecular weight is 344 g/mol. The van der Waals surface area contributed by atoms with Crippen LogP contribution in [0.15, 0.2) is 45.4 Å². The Morgan fingerprint density at radius 3 is 2.40 bits per heavy atom. The van der Waals surface area contributed by atoms with Crippen LogP contribution in [0.2, 0.25) is 0 Å². The highest BCUT2D eigenvalue weighted by atomic mass is 16.6. The van der Waals surface area contributed by atoms with E-state index >= 15 is 0 Å². The molecule has 0 aliphatic carbocycles. The van der Waals surface area contributed by atoms with Gasteiger partial charge in [0.2, 0.25) is 5.90 Å². The maximum absolute atomic E-state index is 12.0. The fourth-order valence-electron chi connectivity index (χ4n) is 2.12. The summed E-state index contributed by atoms with van der Waals surface area (Å²) >= 11 is 0. The van der Waals surface area contributed by atoms with Gasteiger partial charge in [-0.25, -0.2) is 9.79 Å². The lowest BCUT2D eigenvalue weighted by molar-refractivity contribution is -0.402. The number of hydrogen-bond donors (Lipinski definition) is 0. The van der Waals surface area contributed by atoms with Gasteiger partial charge in [-0.15, -0.1) is 0 Å². The molecule has 2 heterocycles. The molecular formula is C16H12N2O7. The lowest BCUT2D eigenvalue weighted by Gasteiger charge is -2.07. The number of cyclic esters (lactones) is 1. The molecule has 0 N–H and O–H groups in total. The Morgan fingerprint density at radius 2 is 1.84 bits per heavy atom. The summed E-state index contributed by atoms with van der Waals surface area (Å²) in [5, 5.41) is 10.6. The van der Waals surface area contributed by atoms with Gasteiger partial charge in [0.1, 0.15) is 22.2 Å². The normalized spacial score (nSPS) is 15.0. The standard InChI is InChI=1S/C16H12N2O7/c1-22-11-5-9(6-12(7-11)23-2)15-17-13(16(19)25-15)8-10-3-4-14(24-10)18(20)21/h3-8H,1-2H3/b13-8-. The van der Waals surface area contributed by atoms with E-state index in [0.29, 0.717) is 17.1 Å². The zero-order valence-electron chi connectivity index (χ0n) is 13.2. The second-order valence-corrected chi connectivity index (χ2v) is 4.87. The Labute approximate surface area is 141 Å². The van der Waals surface area contributed by atoms with Crippen LogP contribution in [0.1, 0.15) is 11.3 Å². The van der Waals surface area contributed by atoms with Crippen molar-refractivity contribution in [1.29, 1.82) is 0 Å². The van der Waals surface area contributed by atoms with E-state index in [1.165, 1.54) is 32.4 Å². The van der Waals surface area contributed by atoms with Gasteiger partial charge in [-0.2, -0.15) is 0 Å². The smallest absolute Gasteiger partial charge is 0.433 e. The van der Waals surface area contributed by atoms with E-state index in [9.17, 15) is 14.9 Å². The Bertz CT molecular complexity index is 889. The summed E-state index contributed by atoms with van der Waals surface area (Å²) in [6.45, 7) is 0. The van der Waals surface area contributed by atoms with E-state index in [1.54, 1.807) is 18.2 Å². The minimum Gasteiger partial charge on any atom is -0.497 e. The molecule has 1 aromatic heterocycles. The van der Waals surface area contributed by atoms with E-state index in [-0.39, 0.29) is 17.4 Å². The van der Waals surface area contributed by atoms with Gasteiger partial charge in [-0.05, 0) is 18.2 Å². The molecule has 1 aliphatic heterocycles. The third kappa shape index (κ3) is 3.34. The number of carbonyl (C=O) groups excluding carboxylic acids is 1. The Kier molecular flexibility index (Phi) is 4.21. The Hall–Kier alpha value is -3.62. The van der Waals surface area contributed by atoms with Crippen molar-refractivity contribution in [2.45, 2.75) is 0 Å². The molecule has 2 aromatic rings. The molecular weight excluding hydrogens is 332 g/mol. The molecule has 0 bridgehead atoms. The van der Waals surface area contributed by atoms with Gasteiger partial charge < -0.3 is 18.6 Å². The molecule has 3 rings (SSSR count). The highest BCUT2D eigenvalue weighted by Gasteiger charge is 2.26. The van der Waals surface area contributed by atoms with Crippen molar-refractivity contribution in [2.75, 3.05) is 14.2 Å². The summed E-state index contributed by atoms with van der Waals surface area (Å²) < 4.78 is 20.4. The van der Waals surface area contributed by atoms with Crippen LogP contribution in [-0.2, 0) is 9.53 Å². The van der Waals surface area contributed by atoms with Crippen molar-refractivity contribution in [2.24, 2.45) is 4.99 Å². The average Bonchev–Trinajstić information content (AvgIpc) is 3.22. The number of hydrogen-bond acceptors (Lipinski definition) is 8. The number of nitrogens with zero attached hydrogens (tertiary/aromatic N) is 2. The van der Waals surface area contributed by atoms with Gasteiger partial charge in [-0.1, -0.05) is 0 Å². The number of carbonyl (C=O) groups is 1. The second kappa shape index (κ2) is 6.48. The number of nitro groups is 1. The van der Waals surface area contributed by atoms with E-state index in [4.69, 9.17) is 18.6 Å². The van der Waals surface area contributed by atoms with Crippen molar-refractivity contribution >= 4 is 23.8 Å². The van der Waals surface area contributed by atoms with Crippen molar-refractivity contribution in [1.82, 2.24) is 0 Å². The number of esters is 1. The molecule has 0 spiro atoms. The monoisotopic (exact) mass is 344 g/mol. The van der Waals surface area contributed by atoms with Crippen LogP contribution in [0.5, 0.6) is 11.5 Å². The highest BCUT2D eigenvalue weighted by Crippen LogP contribution is 2.27. The van der Waals surface area contributed by atoms with Crippen LogP contribution in [0.25, 0.3) is 6.08 Å². The van der Waals surface area contributed by atoms with Gasteiger partial charge in [0.05, 0.1) is 20.3 Å². The largest absolute Gasteiger partial charge is 0.497 e. The predicted octanol–water partition coefficient (Wildman–Crippen LogP) is 2.55. The Morgan fingerprint density at radius 1 is 1.16 bits per heavy atom. The molecule has 9 heteroatoms. The van der Waals surface area contributed by atoms with Crippen molar-refractivity contribution in [3.63, 3.8) is 0 Å². The fourth-order valence-corrected chi connectivity index (χ4v) is 2.12. The molecule has 1 aromatic carbocycles.